The van der Waals surface area contributed by atoms with Crippen molar-refractivity contribution >= 4 is 47.4 Å². The van der Waals surface area contributed by atoms with Crippen molar-refractivity contribution in [3.05, 3.63) is 18.4 Å². The zero-order valence-corrected chi connectivity index (χ0v) is 30.2. The van der Waals surface area contributed by atoms with E-state index in [9.17, 15) is 38.4 Å². The first kappa shape index (κ1) is 41.1. The molecule has 1 aliphatic heterocycles. The van der Waals surface area contributed by atoms with E-state index in [1.807, 2.05) is 0 Å². The number of nitrogens with zero attached hydrogens (tertiary/aromatic N) is 2. The molecule has 1 saturated heterocycles. The molecule has 6 amide bonds. The quantitative estimate of drug-likeness (QED) is 0.0805. The Kier molecular flexibility index (Phi) is 18.9. The van der Waals surface area contributed by atoms with E-state index in [1.165, 1.54) is 6.08 Å². The number of urea groups is 1. The number of carboxylic acids is 1. The van der Waals surface area contributed by atoms with E-state index in [4.69, 9.17) is 15.6 Å². The van der Waals surface area contributed by atoms with Gasteiger partial charge in [-0.25, -0.2) is 9.69 Å². The molecular formula is C27H41AcN6O10-. The molecule has 5 N–H and O–H groups in total. The zero-order valence-electron chi connectivity index (χ0n) is 25.4. The molecule has 17 heteroatoms. The summed E-state index contributed by atoms with van der Waals surface area (Å²) >= 11 is 0. The van der Waals surface area contributed by atoms with Crippen molar-refractivity contribution < 1.29 is 92.3 Å². The number of rotatable bonds is 18. The molecule has 0 saturated carbocycles. The van der Waals surface area contributed by atoms with Crippen molar-refractivity contribution in [1.29, 1.82) is 0 Å². The van der Waals surface area contributed by atoms with Crippen LogP contribution in [-0.4, -0.2) is 113 Å². The number of carbonyl (C=O) groups excluding carboxylic acids is 7. The molecule has 1 aliphatic rings. The number of amides is 6. The van der Waals surface area contributed by atoms with Crippen LogP contribution in [0.3, 0.4) is 0 Å². The van der Waals surface area contributed by atoms with Gasteiger partial charge in [0.2, 0.25) is 17.6 Å². The molecule has 1 rings (SSSR count). The molecule has 243 valence electrons. The molecule has 0 bridgehead atoms. The average molecular weight is 837 g/mol. The molecule has 4 unspecified atom stereocenters. The molecule has 0 spiro atoms. The Labute approximate surface area is 291 Å². The third-order valence-electron chi connectivity index (χ3n) is 6.38. The Morgan fingerprint density at radius 3 is 2.27 bits per heavy atom. The van der Waals surface area contributed by atoms with E-state index < -0.39 is 97.0 Å². The van der Waals surface area contributed by atoms with Crippen LogP contribution in [0.4, 0.5) is 4.79 Å². The first-order valence-electron chi connectivity index (χ1n) is 13.9. The summed E-state index contributed by atoms with van der Waals surface area (Å²) < 4.78 is 4.88. The van der Waals surface area contributed by atoms with Crippen LogP contribution in [0.2, 0.25) is 0 Å². The smallest absolute Gasteiger partial charge is 0.328 e. The summed E-state index contributed by atoms with van der Waals surface area (Å²) in [6.07, 6.45) is 1.04. The normalized spacial score (nSPS) is 16.2. The van der Waals surface area contributed by atoms with Gasteiger partial charge >= 0.3 is 18.0 Å². The van der Waals surface area contributed by atoms with Gasteiger partial charge in [0.15, 0.2) is 0 Å². The number of aliphatic carboxylic acids is 1. The fourth-order valence-corrected chi connectivity index (χ4v) is 4.15. The minimum absolute atomic E-state index is 0. The van der Waals surface area contributed by atoms with Gasteiger partial charge in [-0.05, 0) is 19.3 Å². The number of ketones is 1. The van der Waals surface area contributed by atoms with Gasteiger partial charge in [-0.15, -0.1) is 6.58 Å². The monoisotopic (exact) mass is 836 g/mol. The maximum Gasteiger partial charge on any atom is 0.328 e. The van der Waals surface area contributed by atoms with Gasteiger partial charge in [-0.2, -0.15) is 0 Å². The van der Waals surface area contributed by atoms with Crippen LogP contribution in [-0.2, 0) is 38.3 Å². The van der Waals surface area contributed by atoms with Gasteiger partial charge < -0.3 is 36.4 Å². The van der Waals surface area contributed by atoms with Crippen molar-refractivity contribution in [3.63, 3.8) is 0 Å². The fraction of sp³-hybridized carbons (Fsp3) is 0.630. The van der Waals surface area contributed by atoms with Crippen molar-refractivity contribution in [2.45, 2.75) is 77.5 Å². The number of Topliss-reactive ketones (excluding diaryl/α,β-unsaturated/α-hetero) is 1. The van der Waals surface area contributed by atoms with E-state index in [1.54, 1.807) is 27.7 Å². The zero-order chi connectivity index (χ0) is 32.9. The van der Waals surface area contributed by atoms with Crippen molar-refractivity contribution in [2.75, 3.05) is 26.2 Å². The van der Waals surface area contributed by atoms with Crippen molar-refractivity contribution in [1.82, 2.24) is 25.8 Å². The van der Waals surface area contributed by atoms with E-state index in [0.29, 0.717) is 11.3 Å². The van der Waals surface area contributed by atoms with Crippen LogP contribution in [0, 0.1) is 50.0 Å². The van der Waals surface area contributed by atoms with Crippen LogP contribution >= 0.6 is 0 Å². The van der Waals surface area contributed by atoms with Crippen LogP contribution in [0.5, 0.6) is 0 Å². The first-order valence-corrected chi connectivity index (χ1v) is 13.9. The largest absolute Gasteiger partial charge is 0.667 e. The maximum atomic E-state index is 13.7. The molecule has 0 aromatic rings. The van der Waals surface area contributed by atoms with Gasteiger partial charge in [-0.1, -0.05) is 45.7 Å². The number of hydrogen-bond acceptors (Lipinski definition) is 9. The van der Waals surface area contributed by atoms with Gasteiger partial charge in [0, 0.05) is 57.0 Å². The summed E-state index contributed by atoms with van der Waals surface area (Å²) in [6.45, 7) is 8.79. The number of imide groups is 1. The summed E-state index contributed by atoms with van der Waals surface area (Å²) in [6, 6.07) is -6.81. The van der Waals surface area contributed by atoms with E-state index in [-0.39, 0.29) is 70.1 Å². The first-order chi connectivity index (χ1) is 20.2. The molecule has 4 atom stereocenters. The number of nitrogens with one attached hydrogen (secondary N) is 4. The summed E-state index contributed by atoms with van der Waals surface area (Å²) in [5.74, 6) is -7.50. The Morgan fingerprint density at radius 2 is 1.75 bits per heavy atom. The number of ether oxygens (including phenoxy) is 1. The standard InChI is InChI=1S/C27H41N6O10.Ac/c1-6-9-17(22(37)25(40)29-12-7-2)30-24(39)18-13-32(14-20(36)43-8-3)27(42)33(18)26(41)21(15(4)5)31-23(38)16(28)10-11-19(34)35;/h7,15-18,21,28H,2,6,8-14H2,1,3-5H3,(H,29,40)(H,30,39)(H,31,38)(H,34,35);/q-1;. The topological polar surface area (TPSA) is 232 Å². The van der Waals surface area contributed by atoms with E-state index in [2.05, 4.69) is 22.5 Å². The molecule has 1 radical (unpaired) electrons. The number of hydrogen-bond donors (Lipinski definition) is 4. The van der Waals surface area contributed by atoms with Gasteiger partial charge in [0.25, 0.3) is 11.8 Å². The van der Waals surface area contributed by atoms with E-state index >= 15 is 0 Å². The van der Waals surface area contributed by atoms with Crippen molar-refractivity contribution in [2.24, 2.45) is 5.92 Å². The molecule has 16 nitrogen and oxygen atoms in total. The number of carboxylic acid groups (broad SMARTS) is 1. The Morgan fingerprint density at radius 1 is 1.11 bits per heavy atom. The third-order valence-corrected chi connectivity index (χ3v) is 6.38. The minimum Gasteiger partial charge on any atom is -0.667 e. The molecule has 1 heterocycles. The van der Waals surface area contributed by atoms with Crippen LogP contribution in [0.15, 0.2) is 12.7 Å². The number of esters is 1. The molecule has 0 aromatic carbocycles. The predicted molar refractivity (Wildman–Crippen MR) is 151 cm³/mol. The summed E-state index contributed by atoms with van der Waals surface area (Å²) in [7, 11) is 0. The molecule has 44 heavy (non-hydrogen) atoms. The summed E-state index contributed by atoms with van der Waals surface area (Å²) in [5, 5.41) is 16.0. The number of carbonyl (C=O) groups is 8. The van der Waals surface area contributed by atoms with Gasteiger partial charge in [-0.3, -0.25) is 33.6 Å². The second-order valence-electron chi connectivity index (χ2n) is 10.1. The van der Waals surface area contributed by atoms with Crippen molar-refractivity contribution in [3.8, 4) is 0 Å². The summed E-state index contributed by atoms with van der Waals surface area (Å²) in [4.78, 5) is 103. The average Bonchev–Trinajstić information content (AvgIpc) is 3.27. The van der Waals surface area contributed by atoms with Crippen LogP contribution in [0.1, 0.15) is 53.4 Å². The SMILES string of the molecule is C=CCNC(=O)C(=O)C(CCC)NC(=O)C1CN(CC(=O)OCC)C(=O)N1C(=O)C(NC(=O)C([NH-])CCC(=O)O)C(C)C.[Ac]. The van der Waals surface area contributed by atoms with Crippen LogP contribution in [0.25, 0.3) is 5.73 Å². The Bertz CT molecular complexity index is 1100. The Balaban J connectivity index is 0.0000185. The third kappa shape index (κ3) is 12.2. The van der Waals surface area contributed by atoms with E-state index in [0.717, 1.165) is 4.90 Å². The van der Waals surface area contributed by atoms with Gasteiger partial charge in [0.05, 0.1) is 19.2 Å². The minimum atomic E-state index is -1.56. The maximum absolute atomic E-state index is 13.7. The molecule has 1 fully saturated rings. The Hall–Kier alpha value is -2.90. The predicted octanol–water partition coefficient (Wildman–Crippen LogP) is -0.235. The molecular weight excluding hydrogens is 795 g/mol. The fourth-order valence-electron chi connectivity index (χ4n) is 4.15. The van der Waals surface area contributed by atoms with Crippen LogP contribution < -0.4 is 16.0 Å². The van der Waals surface area contributed by atoms with Gasteiger partial charge in [0.1, 0.15) is 18.6 Å². The molecule has 0 aliphatic carbocycles. The molecule has 0 aromatic heterocycles. The second-order valence-corrected chi connectivity index (χ2v) is 10.1. The second kappa shape index (κ2) is 20.2. The summed E-state index contributed by atoms with van der Waals surface area (Å²) in [5.41, 5.74) is 7.92.